The Kier molecular flexibility index (Phi) is 6.70. The Hall–Kier alpha value is -2.37. The number of unbranched alkanes of at least 4 members (excludes halogenated alkanes) is 4. The molecule has 0 unspecified atom stereocenters. The van der Waals surface area contributed by atoms with Crippen molar-refractivity contribution in [2.24, 2.45) is 0 Å². The summed E-state index contributed by atoms with van der Waals surface area (Å²) < 4.78 is 1.88. The quantitative estimate of drug-likeness (QED) is 0.150. The van der Waals surface area contributed by atoms with Gasteiger partial charge in [0.25, 0.3) is 5.56 Å². The molecule has 0 radical (unpaired) electrons. The number of thiophene rings is 1. The minimum absolute atomic E-state index is 0.0830. The normalized spacial score (nSPS) is 12.7. The van der Waals surface area contributed by atoms with Gasteiger partial charge in [0.05, 0.1) is 11.1 Å². The molecule has 5 rings (SSSR count). The smallest absolute Gasteiger partial charge is 0.267 e. The maximum atomic E-state index is 14.0. The average molecular weight is 475 g/mol. The van der Waals surface area contributed by atoms with Crippen molar-refractivity contribution in [1.29, 1.82) is 0 Å². The molecule has 0 fully saturated rings. The van der Waals surface area contributed by atoms with Crippen LogP contribution in [-0.4, -0.2) is 15.3 Å². The monoisotopic (exact) mass is 474 g/mol. The van der Waals surface area contributed by atoms with Crippen molar-refractivity contribution in [3.8, 4) is 16.1 Å². The van der Waals surface area contributed by atoms with E-state index < -0.39 is 0 Å². The number of benzene rings is 2. The lowest BCUT2D eigenvalue weighted by molar-refractivity contribution is 0.658. The number of nitrogens with zero attached hydrogens (tertiary/aromatic N) is 2. The maximum absolute atomic E-state index is 14.0. The molecule has 4 aromatic rings. The number of fused-ring (bicyclic) bond motifs is 5. The van der Waals surface area contributed by atoms with E-state index in [1.54, 1.807) is 23.1 Å². The van der Waals surface area contributed by atoms with E-state index in [9.17, 15) is 4.79 Å². The van der Waals surface area contributed by atoms with E-state index >= 15 is 0 Å². The number of aryl methyl sites for hydroxylation is 3. The number of rotatable bonds is 8. The van der Waals surface area contributed by atoms with E-state index in [1.165, 1.54) is 47.3 Å². The number of thioether (sulfide) groups is 1. The predicted octanol–water partition coefficient (Wildman–Crippen LogP) is 7.58. The van der Waals surface area contributed by atoms with E-state index in [2.05, 4.69) is 44.2 Å². The molecular formula is C28H30N2OS2. The SMILES string of the molecule is CCCCCCCSc1nc2sc3c(c2c(=O)n1-c1ccccc1C)CCc1ccccc1-3. The molecular weight excluding hydrogens is 444 g/mol. The highest BCUT2D eigenvalue weighted by Gasteiger charge is 2.25. The third kappa shape index (κ3) is 4.29. The molecule has 2 aromatic heterocycles. The fourth-order valence-corrected chi connectivity index (χ4v) is 7.08. The lowest BCUT2D eigenvalue weighted by atomic mass is 9.90. The molecule has 0 saturated heterocycles. The topological polar surface area (TPSA) is 34.9 Å². The second kappa shape index (κ2) is 9.86. The summed E-state index contributed by atoms with van der Waals surface area (Å²) in [5, 5.41) is 1.64. The van der Waals surface area contributed by atoms with Gasteiger partial charge in [-0.3, -0.25) is 9.36 Å². The van der Waals surface area contributed by atoms with Crippen molar-refractivity contribution in [3.63, 3.8) is 0 Å². The molecule has 170 valence electrons. The lowest BCUT2D eigenvalue weighted by Crippen LogP contribution is -2.23. The van der Waals surface area contributed by atoms with Crippen LogP contribution in [0.2, 0.25) is 0 Å². The average Bonchev–Trinajstić information content (AvgIpc) is 3.21. The summed E-state index contributed by atoms with van der Waals surface area (Å²) in [5.41, 5.74) is 5.96. The van der Waals surface area contributed by atoms with E-state index in [4.69, 9.17) is 4.98 Å². The molecule has 2 aromatic carbocycles. The molecule has 0 saturated carbocycles. The van der Waals surface area contributed by atoms with Crippen molar-refractivity contribution in [2.75, 3.05) is 5.75 Å². The summed E-state index contributed by atoms with van der Waals surface area (Å²) >= 11 is 3.42. The Labute approximate surface area is 203 Å². The minimum Gasteiger partial charge on any atom is -0.268 e. The van der Waals surface area contributed by atoms with Crippen LogP contribution in [0.1, 0.15) is 55.7 Å². The van der Waals surface area contributed by atoms with E-state index in [0.717, 1.165) is 51.6 Å². The molecule has 1 aliphatic carbocycles. The first kappa shape index (κ1) is 22.4. The van der Waals surface area contributed by atoms with Gasteiger partial charge >= 0.3 is 0 Å². The molecule has 0 amide bonds. The molecule has 0 aliphatic heterocycles. The zero-order chi connectivity index (χ0) is 22.8. The Morgan fingerprint density at radius 2 is 1.79 bits per heavy atom. The first-order valence-corrected chi connectivity index (χ1v) is 13.8. The number of para-hydroxylation sites is 1. The number of aromatic nitrogens is 2. The summed E-state index contributed by atoms with van der Waals surface area (Å²) in [6.45, 7) is 4.32. The second-order valence-corrected chi connectivity index (χ2v) is 10.9. The summed E-state index contributed by atoms with van der Waals surface area (Å²) in [5.74, 6) is 0.988. The van der Waals surface area contributed by atoms with Gasteiger partial charge in [0, 0.05) is 10.6 Å². The van der Waals surface area contributed by atoms with Gasteiger partial charge in [-0.1, -0.05) is 86.8 Å². The first-order valence-electron chi connectivity index (χ1n) is 12.0. The van der Waals surface area contributed by atoms with Crippen LogP contribution in [0.5, 0.6) is 0 Å². The highest BCUT2D eigenvalue weighted by Crippen LogP contribution is 2.42. The van der Waals surface area contributed by atoms with Gasteiger partial charge < -0.3 is 0 Å². The van der Waals surface area contributed by atoms with E-state index in [0.29, 0.717) is 0 Å². The zero-order valence-electron chi connectivity index (χ0n) is 19.4. The van der Waals surface area contributed by atoms with Crippen LogP contribution >= 0.6 is 23.1 Å². The molecule has 1 aliphatic rings. The molecule has 5 heteroatoms. The van der Waals surface area contributed by atoms with Crippen molar-refractivity contribution in [2.45, 2.75) is 63.9 Å². The molecule has 0 N–H and O–H groups in total. The highest BCUT2D eigenvalue weighted by molar-refractivity contribution is 7.99. The second-order valence-electron chi connectivity index (χ2n) is 8.83. The molecule has 0 bridgehead atoms. The molecule has 2 heterocycles. The summed E-state index contributed by atoms with van der Waals surface area (Å²) in [6.07, 6.45) is 8.11. The Balaban J connectivity index is 1.62. The van der Waals surface area contributed by atoms with Crippen LogP contribution in [0.3, 0.4) is 0 Å². The molecule has 0 atom stereocenters. The number of hydrogen-bond acceptors (Lipinski definition) is 4. The largest absolute Gasteiger partial charge is 0.268 e. The van der Waals surface area contributed by atoms with Gasteiger partial charge in [-0.25, -0.2) is 4.98 Å². The standard InChI is InChI=1S/C28H30N2OS2/c1-3-4-5-6-11-18-32-28-29-26-24(27(31)30(28)23-15-10-7-12-19(23)2)22-17-16-20-13-8-9-14-21(20)25(22)33-26/h7-10,12-15H,3-6,11,16-18H2,1-2H3. The lowest BCUT2D eigenvalue weighted by Gasteiger charge is -2.17. The van der Waals surface area contributed by atoms with Crippen LogP contribution < -0.4 is 5.56 Å². The Bertz CT molecular complexity index is 1350. The maximum Gasteiger partial charge on any atom is 0.267 e. The molecule has 0 spiro atoms. The first-order chi connectivity index (χ1) is 16.2. The summed E-state index contributed by atoms with van der Waals surface area (Å²) in [7, 11) is 0. The van der Waals surface area contributed by atoms with Crippen molar-refractivity contribution < 1.29 is 0 Å². The van der Waals surface area contributed by atoms with Gasteiger partial charge in [0.2, 0.25) is 0 Å². The van der Waals surface area contributed by atoms with E-state index in [1.807, 2.05) is 22.8 Å². The van der Waals surface area contributed by atoms with Gasteiger partial charge in [-0.2, -0.15) is 0 Å². The van der Waals surface area contributed by atoms with Gasteiger partial charge in [-0.15, -0.1) is 11.3 Å². The van der Waals surface area contributed by atoms with Crippen LogP contribution in [-0.2, 0) is 12.8 Å². The minimum atomic E-state index is 0.0830. The zero-order valence-corrected chi connectivity index (χ0v) is 21.0. The fourth-order valence-electron chi connectivity index (χ4n) is 4.75. The third-order valence-electron chi connectivity index (χ3n) is 6.54. The number of hydrogen-bond donors (Lipinski definition) is 0. The van der Waals surface area contributed by atoms with Crippen LogP contribution in [0.4, 0.5) is 0 Å². The van der Waals surface area contributed by atoms with Crippen LogP contribution in [0.25, 0.3) is 26.3 Å². The highest BCUT2D eigenvalue weighted by atomic mass is 32.2. The Morgan fingerprint density at radius 3 is 2.64 bits per heavy atom. The summed E-state index contributed by atoms with van der Waals surface area (Å²) in [6, 6.07) is 16.8. The molecule has 33 heavy (non-hydrogen) atoms. The third-order valence-corrected chi connectivity index (χ3v) is 8.72. The van der Waals surface area contributed by atoms with Gasteiger partial charge in [0.1, 0.15) is 4.83 Å². The Morgan fingerprint density at radius 1 is 1.00 bits per heavy atom. The van der Waals surface area contributed by atoms with Gasteiger partial charge in [0.15, 0.2) is 5.16 Å². The van der Waals surface area contributed by atoms with Crippen LogP contribution in [0, 0.1) is 6.92 Å². The summed E-state index contributed by atoms with van der Waals surface area (Å²) in [4.78, 5) is 21.3. The van der Waals surface area contributed by atoms with Crippen molar-refractivity contribution in [1.82, 2.24) is 9.55 Å². The van der Waals surface area contributed by atoms with Crippen LogP contribution in [0.15, 0.2) is 58.5 Å². The molecule has 3 nitrogen and oxygen atoms in total. The van der Waals surface area contributed by atoms with E-state index in [-0.39, 0.29) is 5.56 Å². The predicted molar refractivity (Wildman–Crippen MR) is 142 cm³/mol. The van der Waals surface area contributed by atoms with Crippen molar-refractivity contribution >= 4 is 33.3 Å². The van der Waals surface area contributed by atoms with Gasteiger partial charge in [-0.05, 0) is 54.5 Å². The van der Waals surface area contributed by atoms with Crippen molar-refractivity contribution in [3.05, 3.63) is 75.6 Å². The fraction of sp³-hybridized carbons (Fsp3) is 0.357.